The van der Waals surface area contributed by atoms with Crippen LogP contribution in [0.1, 0.15) is 56.2 Å². The fourth-order valence-electron chi connectivity index (χ4n) is 4.17. The van der Waals surface area contributed by atoms with Gasteiger partial charge in [-0.2, -0.15) is 5.48 Å². The van der Waals surface area contributed by atoms with Gasteiger partial charge in [-0.05, 0) is 48.8 Å². The van der Waals surface area contributed by atoms with Gasteiger partial charge in [0.05, 0.1) is 12.8 Å². The summed E-state index contributed by atoms with van der Waals surface area (Å²) in [5.74, 6) is -4.73. The van der Waals surface area contributed by atoms with Crippen LogP contribution in [0.4, 0.5) is 0 Å². The molecule has 2 aromatic carbocycles. The third-order valence-electron chi connectivity index (χ3n) is 6.54. The number of carbonyl (C=O) groups is 7. The lowest BCUT2D eigenvalue weighted by molar-refractivity contribution is -0.158. The Morgan fingerprint density at radius 3 is 1.85 bits per heavy atom. The van der Waals surface area contributed by atoms with E-state index in [2.05, 4.69) is 43.0 Å². The summed E-state index contributed by atoms with van der Waals surface area (Å²) in [7, 11) is 0. The van der Waals surface area contributed by atoms with Crippen molar-refractivity contribution < 1.29 is 47.9 Å². The van der Waals surface area contributed by atoms with E-state index in [1.54, 1.807) is 0 Å². The van der Waals surface area contributed by atoms with Gasteiger partial charge < -0.3 is 30.3 Å². The molecular formula is C33H42N4O10. The minimum atomic E-state index is -1.16. The molecule has 14 nitrogen and oxygen atoms in total. The van der Waals surface area contributed by atoms with E-state index in [1.807, 2.05) is 42.5 Å². The first kappa shape index (κ1) is 37.9. The summed E-state index contributed by atoms with van der Waals surface area (Å²) in [6.07, 6.45) is 3.74. The lowest BCUT2D eigenvalue weighted by atomic mass is 10.0. The number of hydrogen-bond acceptors (Lipinski definition) is 10. The summed E-state index contributed by atoms with van der Waals surface area (Å²) >= 11 is 0. The average Bonchev–Trinajstić information content (AvgIpc) is 3.04. The number of ether oxygens (including phenoxy) is 2. The van der Waals surface area contributed by atoms with Crippen molar-refractivity contribution in [1.29, 1.82) is 0 Å². The van der Waals surface area contributed by atoms with Gasteiger partial charge >= 0.3 is 17.9 Å². The monoisotopic (exact) mass is 654 g/mol. The Morgan fingerprint density at radius 1 is 0.660 bits per heavy atom. The summed E-state index contributed by atoms with van der Waals surface area (Å²) < 4.78 is 9.20. The van der Waals surface area contributed by atoms with E-state index in [4.69, 9.17) is 4.84 Å². The van der Waals surface area contributed by atoms with Crippen LogP contribution < -0.4 is 21.4 Å². The van der Waals surface area contributed by atoms with Crippen molar-refractivity contribution in [1.82, 2.24) is 21.4 Å². The van der Waals surface area contributed by atoms with Crippen molar-refractivity contribution in [2.24, 2.45) is 0 Å². The SMILES string of the molecule is CC(=O)OCC(=O)NCC[C@H](NC(=O)COC(C)=O)C(=O)NCCC(=O)ONC(=O)Cc1ccc(CCCCc2ccccc2)cc1. The van der Waals surface area contributed by atoms with Gasteiger partial charge in [-0.25, -0.2) is 4.79 Å². The molecule has 0 unspecified atom stereocenters. The van der Waals surface area contributed by atoms with Crippen molar-refractivity contribution in [3.8, 4) is 0 Å². The van der Waals surface area contributed by atoms with Crippen LogP contribution in [-0.4, -0.2) is 73.9 Å². The minimum Gasteiger partial charge on any atom is -0.456 e. The number of amides is 4. The van der Waals surface area contributed by atoms with E-state index < -0.39 is 60.8 Å². The molecule has 0 aromatic heterocycles. The van der Waals surface area contributed by atoms with E-state index >= 15 is 0 Å². The summed E-state index contributed by atoms with van der Waals surface area (Å²) in [4.78, 5) is 87.5. The first-order chi connectivity index (χ1) is 22.5. The molecule has 1 atom stereocenters. The smallest absolute Gasteiger partial charge is 0.334 e. The van der Waals surface area contributed by atoms with Crippen molar-refractivity contribution in [3.63, 3.8) is 0 Å². The van der Waals surface area contributed by atoms with Crippen LogP contribution in [0.5, 0.6) is 0 Å². The third-order valence-corrected chi connectivity index (χ3v) is 6.54. The van der Waals surface area contributed by atoms with Crippen molar-refractivity contribution >= 4 is 41.5 Å². The predicted molar refractivity (Wildman–Crippen MR) is 168 cm³/mol. The molecule has 0 bridgehead atoms. The molecule has 0 spiro atoms. The molecule has 0 saturated carbocycles. The summed E-state index contributed by atoms with van der Waals surface area (Å²) in [5.41, 5.74) is 5.34. The second-order valence-electron chi connectivity index (χ2n) is 10.5. The Kier molecular flexibility index (Phi) is 17.3. The second kappa shape index (κ2) is 21.5. The van der Waals surface area contributed by atoms with Crippen LogP contribution >= 0.6 is 0 Å². The maximum absolute atomic E-state index is 12.7. The Morgan fingerprint density at radius 2 is 1.23 bits per heavy atom. The molecule has 0 aliphatic heterocycles. The molecule has 2 aromatic rings. The van der Waals surface area contributed by atoms with Gasteiger partial charge in [0.25, 0.3) is 17.7 Å². The van der Waals surface area contributed by atoms with Crippen LogP contribution in [0.2, 0.25) is 0 Å². The van der Waals surface area contributed by atoms with Gasteiger partial charge in [-0.15, -0.1) is 0 Å². The lowest BCUT2D eigenvalue weighted by Gasteiger charge is -2.18. The highest BCUT2D eigenvalue weighted by Crippen LogP contribution is 2.11. The fraction of sp³-hybridized carbons (Fsp3) is 0.424. The highest BCUT2D eigenvalue weighted by atomic mass is 16.7. The molecule has 4 amide bonds. The highest BCUT2D eigenvalue weighted by molar-refractivity contribution is 5.89. The Labute approximate surface area is 273 Å². The standard InChI is InChI=1S/C33H42N4O10/c1-23(38)45-21-30(41)34-18-16-28(36-31(42)22-46-24(2)39)33(44)35-19-17-32(43)47-37-29(40)20-27-14-12-26(13-15-27)11-7-6-10-25-8-4-3-5-9-25/h3-5,8-9,12-15,28H,6-7,10-11,16-22H2,1-2H3,(H,34,41)(H,35,44)(H,36,42)(H,37,40)/t28-/m0/s1. The molecule has 0 aliphatic rings. The van der Waals surface area contributed by atoms with Crippen molar-refractivity contribution in [3.05, 3.63) is 71.3 Å². The van der Waals surface area contributed by atoms with E-state index in [1.165, 1.54) is 11.1 Å². The van der Waals surface area contributed by atoms with Gasteiger partial charge in [-0.1, -0.05) is 54.6 Å². The second-order valence-corrected chi connectivity index (χ2v) is 10.5. The van der Waals surface area contributed by atoms with Crippen LogP contribution in [0, 0.1) is 0 Å². The number of unbranched alkanes of at least 4 members (excludes halogenated alkanes) is 1. The molecule has 14 heteroatoms. The summed E-state index contributed by atoms with van der Waals surface area (Å²) in [6, 6.07) is 16.8. The number of aryl methyl sites for hydroxylation is 2. The number of hydrogen-bond donors (Lipinski definition) is 4. The minimum absolute atomic E-state index is 0.00440. The first-order valence-corrected chi connectivity index (χ1v) is 15.2. The molecule has 0 aliphatic carbocycles. The molecule has 2 rings (SSSR count). The Balaban J connectivity index is 1.70. The van der Waals surface area contributed by atoms with E-state index in [0.717, 1.165) is 45.1 Å². The fourth-order valence-corrected chi connectivity index (χ4v) is 4.17. The van der Waals surface area contributed by atoms with Crippen LogP contribution in [0.15, 0.2) is 54.6 Å². The van der Waals surface area contributed by atoms with E-state index in [9.17, 15) is 33.6 Å². The maximum atomic E-state index is 12.7. The zero-order chi connectivity index (χ0) is 34.4. The molecule has 0 saturated heterocycles. The maximum Gasteiger partial charge on any atom is 0.334 e. The number of hydroxylamine groups is 1. The number of rotatable bonds is 19. The number of carbonyl (C=O) groups excluding carboxylic acids is 7. The molecule has 254 valence electrons. The van der Waals surface area contributed by atoms with Crippen LogP contribution in [-0.2, 0) is 67.1 Å². The van der Waals surface area contributed by atoms with Crippen LogP contribution in [0.25, 0.3) is 0 Å². The van der Waals surface area contributed by atoms with Gasteiger partial charge in [-0.3, -0.25) is 28.8 Å². The number of nitrogens with one attached hydrogen (secondary N) is 4. The Bertz CT molecular complexity index is 1350. The zero-order valence-corrected chi connectivity index (χ0v) is 26.6. The third kappa shape index (κ3) is 17.7. The first-order valence-electron chi connectivity index (χ1n) is 15.2. The molecule has 0 heterocycles. The molecule has 47 heavy (non-hydrogen) atoms. The van der Waals surface area contributed by atoms with Gasteiger partial charge in [0, 0.05) is 26.9 Å². The van der Waals surface area contributed by atoms with Gasteiger partial charge in [0.2, 0.25) is 5.91 Å². The topological polar surface area (TPSA) is 195 Å². The Hall–Kier alpha value is -5.27. The highest BCUT2D eigenvalue weighted by Gasteiger charge is 2.22. The number of esters is 2. The quantitative estimate of drug-likeness (QED) is 0.0734. The predicted octanol–water partition coefficient (Wildman–Crippen LogP) is 0.993. The molecule has 0 radical (unpaired) electrons. The zero-order valence-electron chi connectivity index (χ0n) is 26.6. The van der Waals surface area contributed by atoms with E-state index in [0.29, 0.717) is 0 Å². The van der Waals surface area contributed by atoms with Crippen molar-refractivity contribution in [2.75, 3.05) is 26.3 Å². The molecule has 4 N–H and O–H groups in total. The molecular weight excluding hydrogens is 612 g/mol. The van der Waals surface area contributed by atoms with Gasteiger partial charge in [0.1, 0.15) is 6.04 Å². The summed E-state index contributed by atoms with van der Waals surface area (Å²) in [5, 5.41) is 7.28. The normalized spacial score (nSPS) is 10.9. The van der Waals surface area contributed by atoms with E-state index in [-0.39, 0.29) is 32.4 Å². The van der Waals surface area contributed by atoms with Gasteiger partial charge in [0.15, 0.2) is 13.2 Å². The van der Waals surface area contributed by atoms with Crippen LogP contribution in [0.3, 0.4) is 0 Å². The summed E-state index contributed by atoms with van der Waals surface area (Å²) in [6.45, 7) is 0.873. The lowest BCUT2D eigenvalue weighted by Crippen LogP contribution is -2.49. The largest absolute Gasteiger partial charge is 0.456 e. The molecule has 0 fully saturated rings. The average molecular weight is 655 g/mol. The number of benzene rings is 2. The van der Waals surface area contributed by atoms with Crippen molar-refractivity contribution in [2.45, 2.75) is 64.8 Å².